The van der Waals surface area contributed by atoms with E-state index in [1.807, 2.05) is 19.9 Å². The number of piperidine rings is 1. The monoisotopic (exact) mass is 310 g/mol. The summed E-state index contributed by atoms with van der Waals surface area (Å²) >= 11 is 0. The molecular weight excluding hydrogens is 284 g/mol. The Hall–Kier alpha value is -0.910. The molecule has 5 heteroatoms. The fourth-order valence-corrected chi connectivity index (χ4v) is 4.77. The van der Waals surface area contributed by atoms with Crippen molar-refractivity contribution in [1.82, 2.24) is 4.31 Å². The molecule has 2 N–H and O–H groups in total. The molecule has 1 fully saturated rings. The van der Waals surface area contributed by atoms with Gasteiger partial charge in [-0.05, 0) is 54.9 Å². The summed E-state index contributed by atoms with van der Waals surface area (Å²) in [5, 5.41) is 0. The molecule has 0 spiro atoms. The van der Waals surface area contributed by atoms with Crippen molar-refractivity contribution in [3.63, 3.8) is 0 Å². The van der Waals surface area contributed by atoms with Gasteiger partial charge >= 0.3 is 0 Å². The quantitative estimate of drug-likeness (QED) is 0.932. The fraction of sp³-hybridized carbons (Fsp3) is 0.625. The van der Waals surface area contributed by atoms with Gasteiger partial charge in [-0.2, -0.15) is 4.31 Å². The predicted molar refractivity (Wildman–Crippen MR) is 85.5 cm³/mol. The highest BCUT2D eigenvalue weighted by Crippen LogP contribution is 2.29. The third kappa shape index (κ3) is 3.15. The van der Waals surface area contributed by atoms with Gasteiger partial charge in [0.2, 0.25) is 10.0 Å². The van der Waals surface area contributed by atoms with Gasteiger partial charge in [-0.25, -0.2) is 8.42 Å². The van der Waals surface area contributed by atoms with Gasteiger partial charge in [0.1, 0.15) is 0 Å². The average molecular weight is 310 g/mol. The van der Waals surface area contributed by atoms with Crippen LogP contribution < -0.4 is 5.73 Å². The number of sulfonamides is 1. The van der Waals surface area contributed by atoms with Crippen LogP contribution in [0.25, 0.3) is 0 Å². The van der Waals surface area contributed by atoms with E-state index in [4.69, 9.17) is 5.73 Å². The van der Waals surface area contributed by atoms with Crippen molar-refractivity contribution in [2.24, 2.45) is 17.6 Å². The van der Waals surface area contributed by atoms with Crippen LogP contribution in [0.5, 0.6) is 0 Å². The number of aryl methyl sites for hydroxylation is 2. The lowest BCUT2D eigenvalue weighted by molar-refractivity contribution is 0.212. The fourth-order valence-electron chi connectivity index (χ4n) is 2.95. The summed E-state index contributed by atoms with van der Waals surface area (Å²) in [5.74, 6) is 0.975. The Morgan fingerprint density at radius 2 is 1.86 bits per heavy atom. The Bertz CT molecular complexity index is 625. The van der Waals surface area contributed by atoms with Gasteiger partial charge in [-0.3, -0.25) is 0 Å². The zero-order valence-corrected chi connectivity index (χ0v) is 14.2. The molecular formula is C16H26N2O2S. The van der Waals surface area contributed by atoms with Crippen molar-refractivity contribution in [2.75, 3.05) is 13.1 Å². The van der Waals surface area contributed by atoms with Crippen molar-refractivity contribution >= 4 is 10.0 Å². The second-order valence-corrected chi connectivity index (χ2v) is 8.26. The molecule has 1 aromatic carbocycles. The van der Waals surface area contributed by atoms with E-state index in [2.05, 4.69) is 13.8 Å². The van der Waals surface area contributed by atoms with Gasteiger partial charge in [0.15, 0.2) is 0 Å². The minimum Gasteiger partial charge on any atom is -0.326 e. The lowest BCUT2D eigenvalue weighted by Crippen LogP contribution is -2.42. The van der Waals surface area contributed by atoms with Gasteiger partial charge < -0.3 is 5.73 Å². The molecule has 21 heavy (non-hydrogen) atoms. The van der Waals surface area contributed by atoms with Crippen LogP contribution in [0.2, 0.25) is 0 Å². The van der Waals surface area contributed by atoms with E-state index < -0.39 is 10.0 Å². The Balaban J connectivity index is 2.40. The van der Waals surface area contributed by atoms with E-state index in [1.165, 1.54) is 0 Å². The van der Waals surface area contributed by atoms with Crippen LogP contribution in [0.1, 0.15) is 37.0 Å². The summed E-state index contributed by atoms with van der Waals surface area (Å²) in [6.07, 6.45) is 0.926. The third-order valence-corrected chi connectivity index (χ3v) is 6.78. The molecule has 1 heterocycles. The summed E-state index contributed by atoms with van der Waals surface area (Å²) in [5.41, 5.74) is 8.48. The summed E-state index contributed by atoms with van der Waals surface area (Å²) in [7, 11) is -3.42. The van der Waals surface area contributed by atoms with Gasteiger partial charge in [0.25, 0.3) is 0 Å². The summed E-state index contributed by atoms with van der Waals surface area (Å²) in [6, 6.07) is 3.67. The van der Waals surface area contributed by atoms with Crippen LogP contribution in [-0.2, 0) is 16.6 Å². The number of hydrogen-bond acceptors (Lipinski definition) is 3. The highest BCUT2D eigenvalue weighted by atomic mass is 32.2. The van der Waals surface area contributed by atoms with Crippen molar-refractivity contribution in [3.05, 3.63) is 28.8 Å². The second-order valence-electron chi connectivity index (χ2n) is 6.35. The Kier molecular flexibility index (Phi) is 4.76. The first-order chi connectivity index (χ1) is 9.77. The lowest BCUT2D eigenvalue weighted by Gasteiger charge is -2.34. The Morgan fingerprint density at radius 1 is 1.19 bits per heavy atom. The maximum Gasteiger partial charge on any atom is 0.243 e. The van der Waals surface area contributed by atoms with Gasteiger partial charge in [0, 0.05) is 19.6 Å². The minimum atomic E-state index is -3.42. The average Bonchev–Trinajstić information content (AvgIpc) is 2.41. The van der Waals surface area contributed by atoms with E-state index in [0.717, 1.165) is 23.1 Å². The Labute approximate surface area is 128 Å². The van der Waals surface area contributed by atoms with Gasteiger partial charge in [-0.1, -0.05) is 19.9 Å². The molecule has 1 saturated heterocycles. The second kappa shape index (κ2) is 6.07. The topological polar surface area (TPSA) is 63.4 Å². The van der Waals surface area contributed by atoms with E-state index in [0.29, 0.717) is 36.4 Å². The molecule has 0 saturated carbocycles. The predicted octanol–water partition coefficient (Wildman–Crippen LogP) is 2.43. The van der Waals surface area contributed by atoms with Crippen LogP contribution >= 0.6 is 0 Å². The van der Waals surface area contributed by atoms with E-state index in [1.54, 1.807) is 10.4 Å². The number of benzene rings is 1. The minimum absolute atomic E-state index is 0.363. The molecule has 1 aliphatic heterocycles. The van der Waals surface area contributed by atoms with Gasteiger partial charge in [-0.15, -0.1) is 0 Å². The van der Waals surface area contributed by atoms with Crippen molar-refractivity contribution in [3.8, 4) is 0 Å². The molecule has 1 aromatic rings. The molecule has 0 aromatic heterocycles. The zero-order valence-electron chi connectivity index (χ0n) is 13.4. The van der Waals surface area contributed by atoms with Gasteiger partial charge in [0.05, 0.1) is 4.90 Å². The van der Waals surface area contributed by atoms with E-state index in [-0.39, 0.29) is 0 Å². The molecule has 2 rings (SSSR count). The number of nitrogens with two attached hydrogens (primary N) is 1. The standard InChI is InChI=1S/C16H26N2O2S/c1-11-5-6-18(10-14(11)4)21(19,20)16-8-15(9-17)12(2)7-13(16)3/h7-8,11,14H,5-6,9-10,17H2,1-4H3. The molecule has 0 radical (unpaired) electrons. The Morgan fingerprint density at radius 3 is 2.43 bits per heavy atom. The number of rotatable bonds is 3. The first kappa shape index (κ1) is 16.5. The molecule has 1 aliphatic rings. The SMILES string of the molecule is Cc1cc(C)c(S(=O)(=O)N2CCC(C)C(C)C2)cc1CN. The van der Waals surface area contributed by atoms with E-state index in [9.17, 15) is 8.42 Å². The summed E-state index contributed by atoms with van der Waals surface area (Å²) in [6.45, 7) is 9.72. The normalized spacial score (nSPS) is 24.2. The number of hydrogen-bond donors (Lipinski definition) is 1. The first-order valence-corrected chi connectivity index (χ1v) is 9.01. The van der Waals surface area contributed by atoms with Crippen molar-refractivity contribution in [1.29, 1.82) is 0 Å². The maximum atomic E-state index is 12.9. The lowest BCUT2D eigenvalue weighted by atomic mass is 9.90. The molecule has 0 aliphatic carbocycles. The van der Waals surface area contributed by atoms with Crippen molar-refractivity contribution < 1.29 is 8.42 Å². The maximum absolute atomic E-state index is 12.9. The first-order valence-electron chi connectivity index (χ1n) is 7.57. The molecule has 2 unspecified atom stereocenters. The largest absolute Gasteiger partial charge is 0.326 e. The smallest absolute Gasteiger partial charge is 0.243 e. The van der Waals surface area contributed by atoms with Crippen LogP contribution in [0, 0.1) is 25.7 Å². The summed E-state index contributed by atoms with van der Waals surface area (Å²) in [4.78, 5) is 0.412. The zero-order chi connectivity index (χ0) is 15.8. The summed E-state index contributed by atoms with van der Waals surface area (Å²) < 4.78 is 27.5. The molecule has 0 bridgehead atoms. The van der Waals surface area contributed by atoms with Crippen LogP contribution in [0.4, 0.5) is 0 Å². The number of nitrogens with zero attached hydrogens (tertiary/aromatic N) is 1. The third-order valence-electron chi connectivity index (χ3n) is 4.77. The highest BCUT2D eigenvalue weighted by molar-refractivity contribution is 7.89. The molecule has 118 valence electrons. The molecule has 2 atom stereocenters. The molecule has 0 amide bonds. The van der Waals surface area contributed by atoms with E-state index >= 15 is 0 Å². The van der Waals surface area contributed by atoms with Crippen LogP contribution in [0.15, 0.2) is 17.0 Å². The van der Waals surface area contributed by atoms with Crippen molar-refractivity contribution in [2.45, 2.75) is 45.6 Å². The highest BCUT2D eigenvalue weighted by Gasteiger charge is 2.32. The van der Waals surface area contributed by atoms with Crippen LogP contribution in [0.3, 0.4) is 0 Å². The van der Waals surface area contributed by atoms with Crippen LogP contribution in [-0.4, -0.2) is 25.8 Å². The molecule has 4 nitrogen and oxygen atoms in total.